The van der Waals surface area contributed by atoms with Crippen LogP contribution in [0.5, 0.6) is 5.75 Å². The maximum absolute atomic E-state index is 6.31. The highest BCUT2D eigenvalue weighted by Crippen LogP contribution is 2.39. The molecule has 1 saturated carbocycles. The van der Waals surface area contributed by atoms with E-state index in [0.717, 1.165) is 18.6 Å². The third-order valence-electron chi connectivity index (χ3n) is 4.20. The fourth-order valence-electron chi connectivity index (χ4n) is 2.72. The van der Waals surface area contributed by atoms with E-state index >= 15 is 0 Å². The van der Waals surface area contributed by atoms with Gasteiger partial charge in [-0.05, 0) is 35.8 Å². The molecule has 1 aromatic carbocycles. The quantitative estimate of drug-likeness (QED) is 0.883. The second kappa shape index (κ2) is 4.93. The summed E-state index contributed by atoms with van der Waals surface area (Å²) in [7, 11) is 0. The third kappa shape index (κ3) is 2.54. The molecule has 1 aromatic rings. The largest absolute Gasteiger partial charge is 0.488 e. The summed E-state index contributed by atoms with van der Waals surface area (Å²) < 4.78 is 6.19. The summed E-state index contributed by atoms with van der Waals surface area (Å²) in [5.41, 5.74) is 7.77. The highest BCUT2D eigenvalue weighted by atomic mass is 16.5. The number of nitrogens with two attached hydrogens (primary N) is 1. The first kappa shape index (κ1) is 13.4. The van der Waals surface area contributed by atoms with Crippen LogP contribution in [0.2, 0.25) is 0 Å². The van der Waals surface area contributed by atoms with Gasteiger partial charge < -0.3 is 10.5 Å². The van der Waals surface area contributed by atoms with Crippen molar-refractivity contribution in [1.29, 1.82) is 0 Å². The first-order valence-corrected chi connectivity index (χ1v) is 6.93. The number of hydrogen-bond donors (Lipinski definition) is 1. The van der Waals surface area contributed by atoms with Gasteiger partial charge in [0.2, 0.25) is 0 Å². The van der Waals surface area contributed by atoms with Crippen LogP contribution in [0, 0.1) is 5.41 Å². The molecule has 2 atom stereocenters. The summed E-state index contributed by atoms with van der Waals surface area (Å²) in [5, 5.41) is 0. The summed E-state index contributed by atoms with van der Waals surface area (Å²) >= 11 is 0. The Hall–Kier alpha value is -1.02. The lowest BCUT2D eigenvalue weighted by atomic mass is 9.87. The van der Waals surface area contributed by atoms with Gasteiger partial charge in [-0.2, -0.15) is 0 Å². The minimum absolute atomic E-state index is 0.123. The van der Waals surface area contributed by atoms with Crippen LogP contribution in [-0.2, 0) is 0 Å². The molecule has 1 fully saturated rings. The number of hydrogen-bond acceptors (Lipinski definition) is 2. The molecule has 0 aliphatic heterocycles. The molecule has 2 rings (SSSR count). The molecule has 0 aromatic heterocycles. The fourth-order valence-corrected chi connectivity index (χ4v) is 2.72. The fraction of sp³-hybridized carbons (Fsp3) is 0.625. The van der Waals surface area contributed by atoms with Crippen molar-refractivity contribution in [1.82, 2.24) is 0 Å². The highest BCUT2D eigenvalue weighted by molar-refractivity contribution is 5.36. The zero-order chi connectivity index (χ0) is 13.3. The van der Waals surface area contributed by atoms with Crippen molar-refractivity contribution < 1.29 is 4.74 Å². The van der Waals surface area contributed by atoms with Crippen LogP contribution >= 0.6 is 0 Å². The lowest BCUT2D eigenvalue weighted by Crippen LogP contribution is -2.42. The summed E-state index contributed by atoms with van der Waals surface area (Å²) in [5.74, 6) is 1.48. The summed E-state index contributed by atoms with van der Waals surface area (Å²) in [6, 6.07) is 8.43. The summed E-state index contributed by atoms with van der Waals surface area (Å²) in [6.07, 6.45) is 2.35. The van der Waals surface area contributed by atoms with E-state index in [2.05, 4.69) is 45.9 Å². The average molecular weight is 247 g/mol. The maximum Gasteiger partial charge on any atom is 0.123 e. The Labute approximate surface area is 111 Å². The standard InChI is InChI=1S/C16H25NO/c1-11(2)12-7-5-6-8-13(12)18-14-9-10-16(3,4)15(14)17/h5-8,11,14-15H,9-10,17H2,1-4H3. The Morgan fingerprint density at radius 3 is 2.50 bits per heavy atom. The molecule has 0 heterocycles. The molecule has 1 aliphatic rings. The van der Waals surface area contributed by atoms with E-state index < -0.39 is 0 Å². The van der Waals surface area contributed by atoms with Gasteiger partial charge in [-0.25, -0.2) is 0 Å². The van der Waals surface area contributed by atoms with Gasteiger partial charge in [-0.3, -0.25) is 0 Å². The Balaban J connectivity index is 2.16. The van der Waals surface area contributed by atoms with Crippen molar-refractivity contribution in [2.75, 3.05) is 0 Å². The average Bonchev–Trinajstić information content (AvgIpc) is 2.57. The van der Waals surface area contributed by atoms with Crippen LogP contribution in [0.15, 0.2) is 24.3 Å². The van der Waals surface area contributed by atoms with E-state index in [4.69, 9.17) is 10.5 Å². The molecule has 0 spiro atoms. The second-order valence-electron chi connectivity index (χ2n) is 6.40. The van der Waals surface area contributed by atoms with Crippen LogP contribution < -0.4 is 10.5 Å². The van der Waals surface area contributed by atoms with Crippen molar-refractivity contribution >= 4 is 0 Å². The van der Waals surface area contributed by atoms with E-state index in [-0.39, 0.29) is 17.6 Å². The Morgan fingerprint density at radius 2 is 1.94 bits per heavy atom. The number of ether oxygens (including phenoxy) is 1. The molecule has 2 N–H and O–H groups in total. The SMILES string of the molecule is CC(C)c1ccccc1OC1CCC(C)(C)C1N. The Morgan fingerprint density at radius 1 is 1.28 bits per heavy atom. The van der Waals surface area contributed by atoms with Gasteiger partial charge in [0.25, 0.3) is 0 Å². The number of rotatable bonds is 3. The Kier molecular flexibility index (Phi) is 3.67. The minimum Gasteiger partial charge on any atom is -0.488 e. The van der Waals surface area contributed by atoms with Crippen LogP contribution in [0.1, 0.15) is 52.0 Å². The van der Waals surface area contributed by atoms with Crippen molar-refractivity contribution in [2.24, 2.45) is 11.1 Å². The van der Waals surface area contributed by atoms with Crippen molar-refractivity contribution in [3.63, 3.8) is 0 Å². The van der Waals surface area contributed by atoms with Crippen LogP contribution in [0.3, 0.4) is 0 Å². The topological polar surface area (TPSA) is 35.2 Å². The normalized spacial score (nSPS) is 26.6. The zero-order valence-electron chi connectivity index (χ0n) is 11.9. The predicted octanol–water partition coefficient (Wildman–Crippen LogP) is 3.70. The van der Waals surface area contributed by atoms with E-state index in [1.807, 2.05) is 6.07 Å². The monoisotopic (exact) mass is 247 g/mol. The van der Waals surface area contributed by atoms with Crippen molar-refractivity contribution in [3.05, 3.63) is 29.8 Å². The first-order valence-electron chi connectivity index (χ1n) is 6.93. The molecule has 2 nitrogen and oxygen atoms in total. The minimum atomic E-state index is 0.123. The molecular formula is C16H25NO. The van der Waals surface area contributed by atoms with E-state index in [1.54, 1.807) is 0 Å². The van der Waals surface area contributed by atoms with Crippen LogP contribution in [0.4, 0.5) is 0 Å². The number of benzene rings is 1. The number of para-hydroxylation sites is 1. The molecule has 2 unspecified atom stereocenters. The smallest absolute Gasteiger partial charge is 0.123 e. The van der Waals surface area contributed by atoms with Crippen LogP contribution in [-0.4, -0.2) is 12.1 Å². The maximum atomic E-state index is 6.31. The molecule has 2 heteroatoms. The summed E-state index contributed by atoms with van der Waals surface area (Å²) in [4.78, 5) is 0. The second-order valence-corrected chi connectivity index (χ2v) is 6.40. The van der Waals surface area contributed by atoms with Gasteiger partial charge in [-0.1, -0.05) is 45.9 Å². The van der Waals surface area contributed by atoms with Gasteiger partial charge in [0.1, 0.15) is 11.9 Å². The van der Waals surface area contributed by atoms with Gasteiger partial charge in [0.05, 0.1) is 0 Å². The van der Waals surface area contributed by atoms with Gasteiger partial charge in [0.15, 0.2) is 0 Å². The molecule has 0 bridgehead atoms. The third-order valence-corrected chi connectivity index (χ3v) is 4.20. The molecule has 100 valence electrons. The first-order chi connectivity index (χ1) is 8.42. The van der Waals surface area contributed by atoms with Crippen molar-refractivity contribution in [3.8, 4) is 5.75 Å². The molecule has 18 heavy (non-hydrogen) atoms. The molecule has 0 radical (unpaired) electrons. The summed E-state index contributed by atoms with van der Waals surface area (Å²) in [6.45, 7) is 8.85. The van der Waals surface area contributed by atoms with Gasteiger partial charge in [0, 0.05) is 6.04 Å². The lowest BCUT2D eigenvalue weighted by Gasteiger charge is -2.28. The van der Waals surface area contributed by atoms with Gasteiger partial charge >= 0.3 is 0 Å². The van der Waals surface area contributed by atoms with Crippen LogP contribution in [0.25, 0.3) is 0 Å². The van der Waals surface area contributed by atoms with Crippen molar-refractivity contribution in [2.45, 2.75) is 58.6 Å². The van der Waals surface area contributed by atoms with E-state index in [0.29, 0.717) is 5.92 Å². The highest BCUT2D eigenvalue weighted by Gasteiger charge is 2.41. The predicted molar refractivity (Wildman–Crippen MR) is 75.9 cm³/mol. The lowest BCUT2D eigenvalue weighted by molar-refractivity contribution is 0.163. The van der Waals surface area contributed by atoms with E-state index in [9.17, 15) is 0 Å². The Bertz CT molecular complexity index is 411. The van der Waals surface area contributed by atoms with Gasteiger partial charge in [-0.15, -0.1) is 0 Å². The molecular weight excluding hydrogens is 222 g/mol. The molecule has 1 aliphatic carbocycles. The zero-order valence-corrected chi connectivity index (χ0v) is 11.9. The van der Waals surface area contributed by atoms with E-state index in [1.165, 1.54) is 5.56 Å². The molecule has 0 amide bonds. The molecule has 0 saturated heterocycles.